The summed E-state index contributed by atoms with van der Waals surface area (Å²) < 4.78 is 5.43. The van der Waals surface area contributed by atoms with Gasteiger partial charge in [0.25, 0.3) is 0 Å². The molecule has 2 aromatic rings. The molecule has 0 bridgehead atoms. The minimum atomic E-state index is 0.0183. The molecule has 0 N–H and O–H groups in total. The topological polar surface area (TPSA) is 36.7 Å². The molecule has 1 fully saturated rings. The number of rotatable bonds is 3. The fraction of sp³-hybridized carbons (Fsp3) is 0.278. The lowest BCUT2D eigenvalue weighted by Gasteiger charge is -2.35. The maximum Gasteiger partial charge on any atom is 0.246 e. The Kier molecular flexibility index (Phi) is 4.72. The van der Waals surface area contributed by atoms with Gasteiger partial charge in [-0.2, -0.15) is 0 Å². The number of benzene rings is 1. The molecule has 2 heterocycles. The molecule has 3 rings (SSSR count). The van der Waals surface area contributed by atoms with Gasteiger partial charge in [0.05, 0.1) is 0 Å². The van der Waals surface area contributed by atoms with Gasteiger partial charge in [0.15, 0.2) is 0 Å². The van der Waals surface area contributed by atoms with Gasteiger partial charge >= 0.3 is 0 Å². The number of amides is 1. The first-order chi connectivity index (χ1) is 11.1. The van der Waals surface area contributed by atoms with Crippen molar-refractivity contribution in [1.29, 1.82) is 0 Å². The van der Waals surface area contributed by atoms with Crippen molar-refractivity contribution in [3.05, 3.63) is 59.0 Å². The molecule has 0 atom stereocenters. The van der Waals surface area contributed by atoms with Crippen LogP contribution >= 0.6 is 11.6 Å². The minimum absolute atomic E-state index is 0.0183. The highest BCUT2D eigenvalue weighted by Gasteiger charge is 2.19. The number of halogens is 1. The summed E-state index contributed by atoms with van der Waals surface area (Å²) in [6.45, 7) is 4.90. The van der Waals surface area contributed by atoms with E-state index < -0.39 is 0 Å². The zero-order chi connectivity index (χ0) is 16.2. The zero-order valence-electron chi connectivity index (χ0n) is 13.0. The maximum absolute atomic E-state index is 12.2. The normalized spacial score (nSPS) is 15.4. The molecule has 1 aliphatic rings. The number of furan rings is 1. The Balaban J connectivity index is 1.56. The molecular weight excluding hydrogens is 312 g/mol. The van der Waals surface area contributed by atoms with E-state index in [-0.39, 0.29) is 5.91 Å². The molecule has 5 heteroatoms. The number of hydrogen-bond acceptors (Lipinski definition) is 3. The summed E-state index contributed by atoms with van der Waals surface area (Å²) >= 11 is 6.04. The van der Waals surface area contributed by atoms with Crippen molar-refractivity contribution in [2.24, 2.45) is 0 Å². The molecule has 1 saturated heterocycles. The van der Waals surface area contributed by atoms with Crippen LogP contribution in [0.5, 0.6) is 0 Å². The SMILES string of the molecule is Cc1ccc(/C=C/C(=O)N2CCN(c3cccc(Cl)c3)CC2)o1. The van der Waals surface area contributed by atoms with Crippen molar-refractivity contribution >= 4 is 29.3 Å². The van der Waals surface area contributed by atoms with Crippen molar-refractivity contribution in [2.75, 3.05) is 31.1 Å². The largest absolute Gasteiger partial charge is 0.462 e. The van der Waals surface area contributed by atoms with E-state index in [1.54, 1.807) is 12.2 Å². The van der Waals surface area contributed by atoms with E-state index in [4.69, 9.17) is 16.0 Å². The lowest BCUT2D eigenvalue weighted by Crippen LogP contribution is -2.48. The molecule has 23 heavy (non-hydrogen) atoms. The Labute approximate surface area is 140 Å². The van der Waals surface area contributed by atoms with Crippen LogP contribution in [0.2, 0.25) is 5.02 Å². The summed E-state index contributed by atoms with van der Waals surface area (Å²) in [6, 6.07) is 11.6. The van der Waals surface area contributed by atoms with Crippen molar-refractivity contribution in [2.45, 2.75) is 6.92 Å². The number of nitrogens with zero attached hydrogens (tertiary/aromatic N) is 2. The number of piperazine rings is 1. The zero-order valence-corrected chi connectivity index (χ0v) is 13.8. The molecule has 4 nitrogen and oxygen atoms in total. The first-order valence-electron chi connectivity index (χ1n) is 7.66. The summed E-state index contributed by atoms with van der Waals surface area (Å²) in [4.78, 5) is 16.3. The van der Waals surface area contributed by atoms with Gasteiger partial charge in [-0.05, 0) is 43.3 Å². The number of aryl methyl sites for hydroxylation is 1. The smallest absolute Gasteiger partial charge is 0.246 e. The van der Waals surface area contributed by atoms with Crippen LogP contribution in [-0.2, 0) is 4.79 Å². The van der Waals surface area contributed by atoms with Gasteiger partial charge in [-0.15, -0.1) is 0 Å². The lowest BCUT2D eigenvalue weighted by molar-refractivity contribution is -0.126. The molecule has 1 aromatic carbocycles. The molecule has 0 radical (unpaired) electrons. The van der Waals surface area contributed by atoms with Crippen LogP contribution < -0.4 is 4.90 Å². The van der Waals surface area contributed by atoms with Gasteiger partial charge in [-0.1, -0.05) is 17.7 Å². The molecule has 0 saturated carbocycles. The van der Waals surface area contributed by atoms with Crippen molar-refractivity contribution in [3.8, 4) is 0 Å². The molecular formula is C18H19ClN2O2. The highest BCUT2D eigenvalue weighted by atomic mass is 35.5. The highest BCUT2D eigenvalue weighted by Crippen LogP contribution is 2.20. The van der Waals surface area contributed by atoms with Crippen molar-refractivity contribution in [1.82, 2.24) is 4.90 Å². The standard InChI is InChI=1S/C18H19ClN2O2/c1-14-5-6-17(23-14)7-8-18(22)21-11-9-20(10-12-21)16-4-2-3-15(19)13-16/h2-8,13H,9-12H2,1H3/b8-7+. The second-order valence-corrected chi connectivity index (χ2v) is 6.01. The van der Waals surface area contributed by atoms with E-state index in [0.717, 1.165) is 29.6 Å². The van der Waals surface area contributed by atoms with E-state index >= 15 is 0 Å². The number of carbonyl (C=O) groups is 1. The Hall–Kier alpha value is -2.20. The number of anilines is 1. The van der Waals surface area contributed by atoms with Crippen molar-refractivity contribution < 1.29 is 9.21 Å². The summed E-state index contributed by atoms with van der Waals surface area (Å²) in [6.07, 6.45) is 3.30. The average molecular weight is 331 g/mol. The lowest BCUT2D eigenvalue weighted by atomic mass is 10.2. The molecule has 0 unspecified atom stereocenters. The van der Waals surface area contributed by atoms with Crippen LogP contribution in [0.1, 0.15) is 11.5 Å². The quantitative estimate of drug-likeness (QED) is 0.807. The Morgan fingerprint density at radius 2 is 1.96 bits per heavy atom. The molecule has 0 aliphatic carbocycles. The van der Waals surface area contributed by atoms with E-state index in [0.29, 0.717) is 18.8 Å². The highest BCUT2D eigenvalue weighted by molar-refractivity contribution is 6.30. The Morgan fingerprint density at radius 1 is 1.17 bits per heavy atom. The van der Waals surface area contributed by atoms with Gasteiger partial charge in [0, 0.05) is 43.0 Å². The van der Waals surface area contributed by atoms with E-state index in [1.807, 2.05) is 48.2 Å². The van der Waals surface area contributed by atoms with Gasteiger partial charge in [0.2, 0.25) is 5.91 Å². The second kappa shape index (κ2) is 6.92. The summed E-state index contributed by atoms with van der Waals surface area (Å²) in [5.41, 5.74) is 1.10. The Morgan fingerprint density at radius 3 is 2.61 bits per heavy atom. The van der Waals surface area contributed by atoms with E-state index in [2.05, 4.69) is 4.90 Å². The monoisotopic (exact) mass is 330 g/mol. The van der Waals surface area contributed by atoms with Gasteiger partial charge in [-0.3, -0.25) is 4.79 Å². The van der Waals surface area contributed by atoms with Crippen LogP contribution in [0.25, 0.3) is 6.08 Å². The molecule has 1 aromatic heterocycles. The van der Waals surface area contributed by atoms with Gasteiger partial charge < -0.3 is 14.2 Å². The van der Waals surface area contributed by atoms with Crippen LogP contribution in [0, 0.1) is 6.92 Å². The van der Waals surface area contributed by atoms with Gasteiger partial charge in [-0.25, -0.2) is 0 Å². The van der Waals surface area contributed by atoms with Crippen LogP contribution in [0.15, 0.2) is 46.9 Å². The molecule has 1 amide bonds. The van der Waals surface area contributed by atoms with Crippen LogP contribution in [-0.4, -0.2) is 37.0 Å². The average Bonchev–Trinajstić information content (AvgIpc) is 2.98. The second-order valence-electron chi connectivity index (χ2n) is 5.57. The van der Waals surface area contributed by atoms with E-state index in [9.17, 15) is 4.79 Å². The third kappa shape index (κ3) is 3.96. The summed E-state index contributed by atoms with van der Waals surface area (Å²) in [5.74, 6) is 1.56. The maximum atomic E-state index is 12.2. The third-order valence-corrected chi connectivity index (χ3v) is 4.15. The molecule has 1 aliphatic heterocycles. The minimum Gasteiger partial charge on any atom is -0.462 e. The number of hydrogen-bond donors (Lipinski definition) is 0. The predicted molar refractivity (Wildman–Crippen MR) is 92.7 cm³/mol. The van der Waals surface area contributed by atoms with E-state index in [1.165, 1.54) is 0 Å². The number of carbonyl (C=O) groups excluding carboxylic acids is 1. The molecule has 120 valence electrons. The van der Waals surface area contributed by atoms with Gasteiger partial charge in [0.1, 0.15) is 11.5 Å². The first-order valence-corrected chi connectivity index (χ1v) is 8.03. The van der Waals surface area contributed by atoms with Crippen LogP contribution in [0.3, 0.4) is 0 Å². The van der Waals surface area contributed by atoms with Crippen molar-refractivity contribution in [3.63, 3.8) is 0 Å². The summed E-state index contributed by atoms with van der Waals surface area (Å²) in [5, 5.41) is 0.734. The fourth-order valence-corrected chi connectivity index (χ4v) is 2.84. The van der Waals surface area contributed by atoms with Crippen LogP contribution in [0.4, 0.5) is 5.69 Å². The first kappa shape index (κ1) is 15.7. The predicted octanol–water partition coefficient (Wildman–Crippen LogP) is 3.60. The molecule has 0 spiro atoms. The Bertz CT molecular complexity index is 715. The summed E-state index contributed by atoms with van der Waals surface area (Å²) in [7, 11) is 0. The third-order valence-electron chi connectivity index (χ3n) is 3.92. The fourth-order valence-electron chi connectivity index (χ4n) is 2.66.